The maximum absolute atomic E-state index is 11.5. The van der Waals surface area contributed by atoms with E-state index >= 15 is 0 Å². The van der Waals surface area contributed by atoms with Crippen LogP contribution in [0.2, 0.25) is 0 Å². The van der Waals surface area contributed by atoms with Crippen LogP contribution in [0.25, 0.3) is 0 Å². The number of nitrogens with one attached hydrogen (secondary N) is 1. The van der Waals surface area contributed by atoms with E-state index in [1.54, 1.807) is 0 Å². The summed E-state index contributed by atoms with van der Waals surface area (Å²) in [5.74, 6) is 0. The third-order valence-electron chi connectivity index (χ3n) is 2.80. The molecule has 0 heterocycles. The van der Waals surface area contributed by atoms with Crippen molar-refractivity contribution in [3.63, 3.8) is 0 Å². The standard InChI is InChI=1S/C14H22N2O2.ClH/c1-4-16(5-2)9-10-18-14(17)15-13-8-6-7-12(3)11-13;/h6-8,11H,4-5,9-10H2,1-3H3,(H,15,17);1H. The summed E-state index contributed by atoms with van der Waals surface area (Å²) in [6, 6.07) is 7.64. The van der Waals surface area contributed by atoms with Crippen LogP contribution in [0.5, 0.6) is 0 Å². The van der Waals surface area contributed by atoms with E-state index in [0.29, 0.717) is 6.61 Å². The maximum Gasteiger partial charge on any atom is 0.411 e. The summed E-state index contributed by atoms with van der Waals surface area (Å²) in [6.45, 7) is 9.30. The van der Waals surface area contributed by atoms with Gasteiger partial charge in [-0.05, 0) is 37.7 Å². The quantitative estimate of drug-likeness (QED) is 0.872. The molecular weight excluding hydrogens is 264 g/mol. The van der Waals surface area contributed by atoms with E-state index in [1.165, 1.54) is 0 Å². The number of likely N-dealkylation sites (N-methyl/N-ethyl adjacent to an activating group) is 1. The van der Waals surface area contributed by atoms with Gasteiger partial charge in [-0.15, -0.1) is 12.4 Å². The van der Waals surface area contributed by atoms with Gasteiger partial charge >= 0.3 is 6.09 Å². The molecule has 0 fully saturated rings. The summed E-state index contributed by atoms with van der Waals surface area (Å²) < 4.78 is 5.13. The molecule has 1 aromatic carbocycles. The first-order valence-electron chi connectivity index (χ1n) is 6.38. The Hall–Kier alpha value is -1.26. The number of halogens is 1. The van der Waals surface area contributed by atoms with E-state index in [2.05, 4.69) is 24.1 Å². The number of amides is 1. The van der Waals surface area contributed by atoms with Crippen LogP contribution in [0.1, 0.15) is 19.4 Å². The third-order valence-corrected chi connectivity index (χ3v) is 2.80. The first kappa shape index (κ1) is 17.7. The first-order chi connectivity index (χ1) is 8.65. The van der Waals surface area contributed by atoms with E-state index in [4.69, 9.17) is 4.74 Å². The highest BCUT2D eigenvalue weighted by Gasteiger charge is 2.04. The summed E-state index contributed by atoms with van der Waals surface area (Å²) in [6.07, 6.45) is -0.396. The van der Waals surface area contributed by atoms with Crippen LogP contribution in [0, 0.1) is 6.92 Å². The van der Waals surface area contributed by atoms with Crippen molar-refractivity contribution in [1.82, 2.24) is 4.90 Å². The molecule has 0 saturated carbocycles. The Balaban J connectivity index is 0.00000324. The van der Waals surface area contributed by atoms with Gasteiger partial charge in [-0.1, -0.05) is 26.0 Å². The second kappa shape index (κ2) is 9.64. The number of hydrogen-bond donors (Lipinski definition) is 1. The van der Waals surface area contributed by atoms with Gasteiger partial charge in [-0.25, -0.2) is 4.79 Å². The van der Waals surface area contributed by atoms with Crippen LogP contribution >= 0.6 is 12.4 Å². The smallest absolute Gasteiger partial charge is 0.411 e. The number of anilines is 1. The highest BCUT2D eigenvalue weighted by molar-refractivity contribution is 5.85. The van der Waals surface area contributed by atoms with Crippen LogP contribution in [0.15, 0.2) is 24.3 Å². The van der Waals surface area contributed by atoms with Gasteiger partial charge in [0.25, 0.3) is 0 Å². The molecule has 4 nitrogen and oxygen atoms in total. The van der Waals surface area contributed by atoms with Crippen LogP contribution in [-0.4, -0.2) is 37.2 Å². The average Bonchev–Trinajstić information content (AvgIpc) is 2.34. The predicted molar refractivity (Wildman–Crippen MR) is 81.2 cm³/mol. The molecule has 0 bridgehead atoms. The molecular formula is C14H23ClN2O2. The van der Waals surface area contributed by atoms with Crippen LogP contribution in [0.3, 0.4) is 0 Å². The Labute approximate surface area is 121 Å². The SMILES string of the molecule is CCN(CC)CCOC(=O)Nc1cccc(C)c1.Cl. The fourth-order valence-electron chi connectivity index (χ4n) is 1.68. The van der Waals surface area contributed by atoms with Crippen LogP contribution in [0.4, 0.5) is 10.5 Å². The van der Waals surface area contributed by atoms with E-state index < -0.39 is 6.09 Å². The van der Waals surface area contributed by atoms with Gasteiger partial charge < -0.3 is 9.64 Å². The number of rotatable bonds is 6. The molecule has 0 aliphatic rings. The van der Waals surface area contributed by atoms with Gasteiger partial charge in [-0.2, -0.15) is 0 Å². The molecule has 0 spiro atoms. The number of nitrogens with zero attached hydrogens (tertiary/aromatic N) is 1. The van der Waals surface area contributed by atoms with E-state index in [1.807, 2.05) is 31.2 Å². The molecule has 108 valence electrons. The normalized spacial score (nSPS) is 9.89. The second-order valence-corrected chi connectivity index (χ2v) is 4.16. The Bertz CT molecular complexity index is 381. The topological polar surface area (TPSA) is 41.6 Å². The van der Waals surface area contributed by atoms with Crippen LogP contribution in [-0.2, 0) is 4.74 Å². The highest BCUT2D eigenvalue weighted by Crippen LogP contribution is 2.09. The molecule has 5 heteroatoms. The minimum atomic E-state index is -0.396. The number of ether oxygens (including phenoxy) is 1. The van der Waals surface area contributed by atoms with Crippen molar-refractivity contribution in [1.29, 1.82) is 0 Å². The Morgan fingerprint density at radius 2 is 2.00 bits per heavy atom. The zero-order chi connectivity index (χ0) is 13.4. The molecule has 0 radical (unpaired) electrons. The minimum absolute atomic E-state index is 0. The molecule has 1 rings (SSSR count). The van der Waals surface area contributed by atoms with Crippen molar-refractivity contribution in [2.45, 2.75) is 20.8 Å². The Morgan fingerprint density at radius 1 is 1.32 bits per heavy atom. The van der Waals surface area contributed by atoms with Crippen LogP contribution < -0.4 is 5.32 Å². The maximum atomic E-state index is 11.5. The lowest BCUT2D eigenvalue weighted by molar-refractivity contribution is 0.142. The van der Waals surface area contributed by atoms with E-state index in [9.17, 15) is 4.79 Å². The Kier molecular flexibility index (Phi) is 9.00. The Morgan fingerprint density at radius 3 is 2.58 bits per heavy atom. The minimum Gasteiger partial charge on any atom is -0.448 e. The van der Waals surface area contributed by atoms with Crippen molar-refractivity contribution in [2.24, 2.45) is 0 Å². The highest BCUT2D eigenvalue weighted by atomic mass is 35.5. The van der Waals surface area contributed by atoms with Gasteiger partial charge in [0, 0.05) is 12.2 Å². The lowest BCUT2D eigenvalue weighted by Crippen LogP contribution is -2.28. The van der Waals surface area contributed by atoms with Crippen molar-refractivity contribution >= 4 is 24.2 Å². The molecule has 0 aliphatic carbocycles. The molecule has 0 unspecified atom stereocenters. The molecule has 0 aliphatic heterocycles. The van der Waals surface area contributed by atoms with Crippen molar-refractivity contribution in [3.8, 4) is 0 Å². The average molecular weight is 287 g/mol. The number of aryl methyl sites for hydroxylation is 1. The molecule has 1 amide bonds. The van der Waals surface area contributed by atoms with Crippen molar-refractivity contribution in [3.05, 3.63) is 29.8 Å². The van der Waals surface area contributed by atoms with Crippen molar-refractivity contribution in [2.75, 3.05) is 31.6 Å². The second-order valence-electron chi connectivity index (χ2n) is 4.16. The predicted octanol–water partition coefficient (Wildman–Crippen LogP) is 3.31. The molecule has 0 saturated heterocycles. The van der Waals surface area contributed by atoms with Gasteiger partial charge in [0.1, 0.15) is 6.61 Å². The van der Waals surface area contributed by atoms with Gasteiger partial charge in [-0.3, -0.25) is 5.32 Å². The first-order valence-corrected chi connectivity index (χ1v) is 6.38. The summed E-state index contributed by atoms with van der Waals surface area (Å²) in [7, 11) is 0. The molecule has 0 aromatic heterocycles. The monoisotopic (exact) mass is 286 g/mol. The summed E-state index contributed by atoms with van der Waals surface area (Å²) >= 11 is 0. The zero-order valence-electron chi connectivity index (χ0n) is 11.8. The number of hydrogen-bond acceptors (Lipinski definition) is 3. The summed E-state index contributed by atoms with van der Waals surface area (Å²) in [4.78, 5) is 13.7. The lowest BCUT2D eigenvalue weighted by Gasteiger charge is -2.17. The van der Waals surface area contributed by atoms with Gasteiger partial charge in [0.05, 0.1) is 0 Å². The molecule has 1 N–H and O–H groups in total. The number of carbonyl (C=O) groups is 1. The fraction of sp³-hybridized carbons (Fsp3) is 0.500. The molecule has 19 heavy (non-hydrogen) atoms. The van der Waals surface area contributed by atoms with Crippen molar-refractivity contribution < 1.29 is 9.53 Å². The number of benzene rings is 1. The van der Waals surface area contributed by atoms with E-state index in [-0.39, 0.29) is 12.4 Å². The summed E-state index contributed by atoms with van der Waals surface area (Å²) in [5, 5.41) is 2.71. The van der Waals surface area contributed by atoms with E-state index in [0.717, 1.165) is 30.9 Å². The fourth-order valence-corrected chi connectivity index (χ4v) is 1.68. The third kappa shape index (κ3) is 7.03. The largest absolute Gasteiger partial charge is 0.448 e. The molecule has 0 atom stereocenters. The van der Waals surface area contributed by atoms with Gasteiger partial charge in [0.2, 0.25) is 0 Å². The number of carbonyl (C=O) groups excluding carboxylic acids is 1. The van der Waals surface area contributed by atoms with Gasteiger partial charge in [0.15, 0.2) is 0 Å². The lowest BCUT2D eigenvalue weighted by atomic mass is 10.2. The zero-order valence-corrected chi connectivity index (χ0v) is 12.6. The summed E-state index contributed by atoms with van der Waals surface area (Å²) in [5.41, 5.74) is 1.87. The molecule has 1 aromatic rings.